The number of benzene rings is 2. The molecule has 3 rings (SSSR count). The number of hydrogen-bond donors (Lipinski definition) is 2. The number of aryl methyl sites for hydroxylation is 1. The summed E-state index contributed by atoms with van der Waals surface area (Å²) in [6.45, 7) is 9.57. The SMILES string of the molecule is Cc1cccc(N2CCN(CCCCNCc3ccc(C(=O)O)cc3)CC2)c1. The van der Waals surface area contributed by atoms with Crippen LogP contribution in [0.5, 0.6) is 0 Å². The van der Waals surface area contributed by atoms with Crippen LogP contribution < -0.4 is 10.2 Å². The van der Waals surface area contributed by atoms with Gasteiger partial charge in [-0.25, -0.2) is 4.79 Å². The fourth-order valence-corrected chi connectivity index (χ4v) is 3.64. The Hall–Kier alpha value is -2.37. The summed E-state index contributed by atoms with van der Waals surface area (Å²) in [6, 6.07) is 15.9. The van der Waals surface area contributed by atoms with Gasteiger partial charge in [0.15, 0.2) is 0 Å². The normalized spacial score (nSPS) is 15.0. The number of nitrogens with zero attached hydrogens (tertiary/aromatic N) is 2. The molecule has 28 heavy (non-hydrogen) atoms. The van der Waals surface area contributed by atoms with Crippen LogP contribution in [-0.2, 0) is 6.54 Å². The Morgan fingerprint density at radius 3 is 2.46 bits per heavy atom. The minimum atomic E-state index is -0.876. The lowest BCUT2D eigenvalue weighted by atomic mass is 10.1. The molecule has 0 amide bonds. The van der Waals surface area contributed by atoms with Crippen LogP contribution in [0.25, 0.3) is 0 Å². The molecule has 2 N–H and O–H groups in total. The maximum atomic E-state index is 10.9. The van der Waals surface area contributed by atoms with Crippen molar-refractivity contribution in [2.24, 2.45) is 0 Å². The molecule has 5 heteroatoms. The maximum Gasteiger partial charge on any atom is 0.335 e. The highest BCUT2D eigenvalue weighted by molar-refractivity contribution is 5.87. The van der Waals surface area contributed by atoms with Gasteiger partial charge in [0.2, 0.25) is 0 Å². The fourth-order valence-electron chi connectivity index (χ4n) is 3.64. The van der Waals surface area contributed by atoms with E-state index in [4.69, 9.17) is 5.11 Å². The van der Waals surface area contributed by atoms with Crippen molar-refractivity contribution in [2.45, 2.75) is 26.3 Å². The van der Waals surface area contributed by atoms with Crippen molar-refractivity contribution in [2.75, 3.05) is 44.2 Å². The molecule has 150 valence electrons. The molecule has 0 unspecified atom stereocenters. The molecule has 0 bridgehead atoms. The van der Waals surface area contributed by atoms with Crippen LogP contribution in [0.15, 0.2) is 48.5 Å². The summed E-state index contributed by atoms with van der Waals surface area (Å²) in [7, 11) is 0. The monoisotopic (exact) mass is 381 g/mol. The Morgan fingerprint density at radius 1 is 1.04 bits per heavy atom. The van der Waals surface area contributed by atoms with Crippen LogP contribution >= 0.6 is 0 Å². The van der Waals surface area contributed by atoms with E-state index in [1.807, 2.05) is 12.1 Å². The number of aromatic carboxylic acids is 1. The molecule has 5 nitrogen and oxygen atoms in total. The van der Waals surface area contributed by atoms with Crippen LogP contribution in [0, 0.1) is 6.92 Å². The summed E-state index contributed by atoms with van der Waals surface area (Å²) in [5.41, 5.74) is 4.13. The van der Waals surface area contributed by atoms with Gasteiger partial charge in [0.05, 0.1) is 5.56 Å². The third kappa shape index (κ3) is 6.08. The van der Waals surface area contributed by atoms with E-state index in [2.05, 4.69) is 46.3 Å². The van der Waals surface area contributed by atoms with Crippen molar-refractivity contribution in [1.82, 2.24) is 10.2 Å². The van der Waals surface area contributed by atoms with E-state index in [0.717, 1.165) is 57.8 Å². The summed E-state index contributed by atoms with van der Waals surface area (Å²) < 4.78 is 0. The predicted octanol–water partition coefficient (Wildman–Crippen LogP) is 3.39. The largest absolute Gasteiger partial charge is 0.478 e. The number of carbonyl (C=O) groups is 1. The molecule has 2 aromatic carbocycles. The lowest BCUT2D eigenvalue weighted by molar-refractivity contribution is 0.0697. The van der Waals surface area contributed by atoms with Crippen molar-refractivity contribution >= 4 is 11.7 Å². The average molecular weight is 382 g/mol. The lowest BCUT2D eigenvalue weighted by Gasteiger charge is -2.36. The van der Waals surface area contributed by atoms with Crippen LogP contribution in [-0.4, -0.2) is 55.2 Å². The lowest BCUT2D eigenvalue weighted by Crippen LogP contribution is -2.46. The quantitative estimate of drug-likeness (QED) is 0.652. The van der Waals surface area contributed by atoms with E-state index in [1.54, 1.807) is 12.1 Å². The summed E-state index contributed by atoms with van der Waals surface area (Å²) in [5.74, 6) is -0.876. The minimum absolute atomic E-state index is 0.339. The van der Waals surface area contributed by atoms with E-state index in [-0.39, 0.29) is 0 Å². The van der Waals surface area contributed by atoms with Gasteiger partial charge in [0, 0.05) is 38.4 Å². The molecule has 1 saturated heterocycles. The number of piperazine rings is 1. The van der Waals surface area contributed by atoms with Gasteiger partial charge in [-0.05, 0) is 68.2 Å². The maximum absolute atomic E-state index is 10.9. The van der Waals surface area contributed by atoms with Crippen LogP contribution in [0.4, 0.5) is 5.69 Å². The van der Waals surface area contributed by atoms with Gasteiger partial charge in [-0.2, -0.15) is 0 Å². The molecule has 0 atom stereocenters. The first-order valence-corrected chi connectivity index (χ1v) is 10.2. The zero-order chi connectivity index (χ0) is 19.8. The Bertz CT molecular complexity index is 753. The standard InChI is InChI=1S/C23H31N3O2/c1-19-5-4-6-22(17-19)26-15-13-25(14-16-26)12-3-2-11-24-18-20-7-9-21(10-8-20)23(27)28/h4-10,17,24H,2-3,11-16,18H2,1H3,(H,27,28). The van der Waals surface area contributed by atoms with E-state index in [0.29, 0.717) is 5.56 Å². The molecule has 2 aromatic rings. The van der Waals surface area contributed by atoms with Crippen LogP contribution in [0.2, 0.25) is 0 Å². The first-order valence-electron chi connectivity index (χ1n) is 10.2. The number of carboxylic acid groups (broad SMARTS) is 1. The van der Waals surface area contributed by atoms with Gasteiger partial charge in [0.1, 0.15) is 0 Å². The van der Waals surface area contributed by atoms with Gasteiger partial charge in [0.25, 0.3) is 0 Å². The Labute approximate surface area is 168 Å². The van der Waals surface area contributed by atoms with Gasteiger partial charge in [-0.15, -0.1) is 0 Å². The first-order chi connectivity index (χ1) is 13.6. The molecule has 1 aliphatic heterocycles. The minimum Gasteiger partial charge on any atom is -0.478 e. The Kier molecular flexibility index (Phi) is 7.46. The summed E-state index contributed by atoms with van der Waals surface area (Å²) in [5, 5.41) is 12.4. The smallest absolute Gasteiger partial charge is 0.335 e. The second-order valence-electron chi connectivity index (χ2n) is 7.55. The summed E-state index contributed by atoms with van der Waals surface area (Å²) in [6.07, 6.45) is 2.36. The third-order valence-electron chi connectivity index (χ3n) is 5.35. The van der Waals surface area contributed by atoms with Crippen molar-refractivity contribution in [3.05, 3.63) is 65.2 Å². The average Bonchev–Trinajstić information content (AvgIpc) is 2.71. The van der Waals surface area contributed by atoms with Gasteiger partial charge < -0.3 is 15.3 Å². The van der Waals surface area contributed by atoms with Crippen LogP contribution in [0.3, 0.4) is 0 Å². The van der Waals surface area contributed by atoms with Crippen LogP contribution in [0.1, 0.15) is 34.3 Å². The van der Waals surface area contributed by atoms with Gasteiger partial charge in [-0.3, -0.25) is 4.90 Å². The highest BCUT2D eigenvalue weighted by Gasteiger charge is 2.16. The number of carboxylic acids is 1. The van der Waals surface area contributed by atoms with E-state index in [9.17, 15) is 4.79 Å². The van der Waals surface area contributed by atoms with Crippen molar-refractivity contribution < 1.29 is 9.90 Å². The van der Waals surface area contributed by atoms with Gasteiger partial charge >= 0.3 is 5.97 Å². The number of unbranched alkanes of at least 4 members (excludes halogenated alkanes) is 1. The number of anilines is 1. The number of hydrogen-bond acceptors (Lipinski definition) is 4. The Morgan fingerprint density at radius 2 is 1.79 bits per heavy atom. The molecule has 0 aromatic heterocycles. The number of rotatable bonds is 9. The number of nitrogens with one attached hydrogen (secondary N) is 1. The molecular formula is C23H31N3O2. The predicted molar refractivity (Wildman–Crippen MR) is 114 cm³/mol. The zero-order valence-corrected chi connectivity index (χ0v) is 16.7. The highest BCUT2D eigenvalue weighted by atomic mass is 16.4. The molecule has 0 saturated carbocycles. The summed E-state index contributed by atoms with van der Waals surface area (Å²) >= 11 is 0. The van der Waals surface area contributed by atoms with Gasteiger partial charge in [-0.1, -0.05) is 24.3 Å². The second-order valence-corrected chi connectivity index (χ2v) is 7.55. The molecule has 0 radical (unpaired) electrons. The van der Waals surface area contributed by atoms with Crippen molar-refractivity contribution in [3.8, 4) is 0 Å². The third-order valence-corrected chi connectivity index (χ3v) is 5.35. The van der Waals surface area contributed by atoms with E-state index < -0.39 is 5.97 Å². The second kappa shape index (κ2) is 10.2. The van der Waals surface area contributed by atoms with E-state index >= 15 is 0 Å². The molecule has 0 spiro atoms. The summed E-state index contributed by atoms with van der Waals surface area (Å²) in [4.78, 5) is 15.9. The molecular weight excluding hydrogens is 350 g/mol. The van der Waals surface area contributed by atoms with Crippen molar-refractivity contribution in [1.29, 1.82) is 0 Å². The zero-order valence-electron chi connectivity index (χ0n) is 16.7. The van der Waals surface area contributed by atoms with E-state index in [1.165, 1.54) is 17.7 Å². The molecule has 0 aliphatic carbocycles. The topological polar surface area (TPSA) is 55.8 Å². The van der Waals surface area contributed by atoms with Crippen molar-refractivity contribution in [3.63, 3.8) is 0 Å². The fraction of sp³-hybridized carbons (Fsp3) is 0.435. The molecule has 1 fully saturated rings. The Balaban J connectivity index is 1.26. The molecule has 1 aliphatic rings. The highest BCUT2D eigenvalue weighted by Crippen LogP contribution is 2.17. The first kappa shape index (κ1) is 20.4. The molecule has 1 heterocycles.